The molecule has 2 rings (SSSR count). The second kappa shape index (κ2) is 7.47. The molecular formula is C19H25NO3. The molecule has 0 bridgehead atoms. The van der Waals surface area contributed by atoms with E-state index in [0.717, 1.165) is 30.3 Å². The summed E-state index contributed by atoms with van der Waals surface area (Å²) in [5.74, 6) is 0.135. The largest absolute Gasteiger partial charge is 0.508 e. The summed E-state index contributed by atoms with van der Waals surface area (Å²) < 4.78 is 5.27. The Labute approximate surface area is 137 Å². The average molecular weight is 315 g/mol. The number of hydrogen-bond acceptors (Lipinski definition) is 4. The Hall–Kier alpha value is -2.07. The highest BCUT2D eigenvalue weighted by atomic mass is 16.6. The zero-order chi connectivity index (χ0) is 16.9. The zero-order valence-electron chi connectivity index (χ0n) is 14.1. The van der Waals surface area contributed by atoms with Crippen molar-refractivity contribution < 1.29 is 14.6 Å². The first-order valence-electron chi connectivity index (χ1n) is 7.98. The van der Waals surface area contributed by atoms with Gasteiger partial charge in [-0.15, -0.1) is 0 Å². The van der Waals surface area contributed by atoms with Crippen molar-refractivity contribution in [3.05, 3.63) is 42.0 Å². The van der Waals surface area contributed by atoms with E-state index in [1.165, 1.54) is 5.56 Å². The number of ether oxygens (including phenoxy) is 1. The summed E-state index contributed by atoms with van der Waals surface area (Å²) in [7, 11) is 0. The van der Waals surface area contributed by atoms with Crippen LogP contribution in [0.25, 0.3) is 10.8 Å². The highest BCUT2D eigenvalue weighted by Gasteiger charge is 2.15. The average Bonchev–Trinajstić information content (AvgIpc) is 2.45. The summed E-state index contributed by atoms with van der Waals surface area (Å²) in [6.45, 7) is 7.16. The molecule has 0 unspecified atom stereocenters. The highest BCUT2D eigenvalue weighted by Crippen LogP contribution is 2.21. The van der Waals surface area contributed by atoms with Crippen molar-refractivity contribution in [2.24, 2.45) is 0 Å². The Morgan fingerprint density at radius 2 is 1.83 bits per heavy atom. The minimum atomic E-state index is -0.413. The summed E-state index contributed by atoms with van der Waals surface area (Å²) >= 11 is 0. The van der Waals surface area contributed by atoms with Gasteiger partial charge in [0.1, 0.15) is 11.4 Å². The van der Waals surface area contributed by atoms with Crippen molar-refractivity contribution >= 4 is 16.7 Å². The van der Waals surface area contributed by atoms with Crippen LogP contribution in [0.5, 0.6) is 5.75 Å². The molecule has 0 amide bonds. The normalized spacial score (nSPS) is 11.6. The van der Waals surface area contributed by atoms with Crippen LogP contribution in [0.15, 0.2) is 36.4 Å². The van der Waals surface area contributed by atoms with Crippen LogP contribution in [-0.4, -0.2) is 23.2 Å². The van der Waals surface area contributed by atoms with Crippen LogP contribution in [0.2, 0.25) is 0 Å². The molecule has 0 atom stereocenters. The minimum absolute atomic E-state index is 0.148. The monoisotopic (exact) mass is 315 g/mol. The van der Waals surface area contributed by atoms with Crippen LogP contribution in [0, 0.1) is 0 Å². The summed E-state index contributed by atoms with van der Waals surface area (Å²) in [4.78, 5) is 11.6. The first kappa shape index (κ1) is 17.3. The Bertz CT molecular complexity index is 674. The SMILES string of the molecule is CC(C)(C)OC(=O)CCCNCc1ccc2cc(O)ccc2c1. The molecule has 0 spiro atoms. The van der Waals surface area contributed by atoms with Crippen LogP contribution in [0.1, 0.15) is 39.2 Å². The van der Waals surface area contributed by atoms with E-state index in [1.807, 2.05) is 39.0 Å². The molecule has 0 saturated carbocycles. The topological polar surface area (TPSA) is 58.6 Å². The molecule has 124 valence electrons. The standard InChI is InChI=1S/C19H25NO3/c1-19(2,3)23-18(22)5-4-10-20-13-14-6-7-16-12-17(21)9-8-15(16)11-14/h6-9,11-12,20-21H,4-5,10,13H2,1-3H3. The number of phenolic OH excluding ortho intramolecular Hbond substituents is 1. The van der Waals surface area contributed by atoms with Crippen molar-refractivity contribution in [2.45, 2.75) is 45.8 Å². The Morgan fingerprint density at radius 3 is 2.57 bits per heavy atom. The maximum atomic E-state index is 11.6. The second-order valence-electron chi connectivity index (χ2n) is 6.73. The van der Waals surface area contributed by atoms with Crippen LogP contribution < -0.4 is 5.32 Å². The summed E-state index contributed by atoms with van der Waals surface area (Å²) in [6, 6.07) is 11.5. The Kier molecular flexibility index (Phi) is 5.61. The van der Waals surface area contributed by atoms with E-state index in [0.29, 0.717) is 6.42 Å². The number of phenols is 1. The van der Waals surface area contributed by atoms with Gasteiger partial charge in [-0.05, 0) is 68.3 Å². The number of carbonyl (C=O) groups is 1. The first-order valence-corrected chi connectivity index (χ1v) is 7.98. The van der Waals surface area contributed by atoms with Gasteiger partial charge >= 0.3 is 5.97 Å². The Morgan fingerprint density at radius 1 is 1.13 bits per heavy atom. The van der Waals surface area contributed by atoms with Crippen molar-refractivity contribution in [1.82, 2.24) is 5.32 Å². The summed E-state index contributed by atoms with van der Waals surface area (Å²) in [5, 5.41) is 14.9. The first-order chi connectivity index (χ1) is 10.8. The number of rotatable bonds is 6. The maximum Gasteiger partial charge on any atom is 0.306 e. The number of nitrogens with one attached hydrogen (secondary N) is 1. The van der Waals surface area contributed by atoms with Gasteiger partial charge < -0.3 is 15.2 Å². The lowest BCUT2D eigenvalue weighted by Gasteiger charge is -2.19. The lowest BCUT2D eigenvalue weighted by molar-refractivity contribution is -0.154. The second-order valence-corrected chi connectivity index (χ2v) is 6.73. The van der Waals surface area contributed by atoms with Gasteiger partial charge in [0, 0.05) is 13.0 Å². The summed E-state index contributed by atoms with van der Waals surface area (Å²) in [6.07, 6.45) is 1.19. The van der Waals surface area contributed by atoms with Crippen LogP contribution in [0.4, 0.5) is 0 Å². The smallest absolute Gasteiger partial charge is 0.306 e. The summed E-state index contributed by atoms with van der Waals surface area (Å²) in [5.41, 5.74) is 0.768. The maximum absolute atomic E-state index is 11.6. The van der Waals surface area contributed by atoms with Gasteiger partial charge in [0.2, 0.25) is 0 Å². The lowest BCUT2D eigenvalue weighted by atomic mass is 10.1. The number of hydrogen-bond donors (Lipinski definition) is 2. The fourth-order valence-electron chi connectivity index (χ4n) is 2.38. The van der Waals surface area contributed by atoms with Crippen molar-refractivity contribution in [3.63, 3.8) is 0 Å². The van der Waals surface area contributed by atoms with Gasteiger partial charge in [-0.3, -0.25) is 4.79 Å². The van der Waals surface area contributed by atoms with Gasteiger partial charge in [-0.25, -0.2) is 0 Å². The van der Waals surface area contributed by atoms with E-state index in [4.69, 9.17) is 4.74 Å². The van der Waals surface area contributed by atoms with Gasteiger partial charge in [-0.2, -0.15) is 0 Å². The molecule has 0 aliphatic heterocycles. The van der Waals surface area contributed by atoms with Crippen LogP contribution in [-0.2, 0) is 16.1 Å². The van der Waals surface area contributed by atoms with Crippen LogP contribution >= 0.6 is 0 Å². The van der Waals surface area contributed by atoms with Crippen molar-refractivity contribution in [3.8, 4) is 5.75 Å². The Balaban J connectivity index is 1.74. The zero-order valence-corrected chi connectivity index (χ0v) is 14.1. The minimum Gasteiger partial charge on any atom is -0.508 e. The number of esters is 1. The third-order valence-electron chi connectivity index (χ3n) is 3.37. The number of benzene rings is 2. The molecule has 4 heteroatoms. The molecule has 4 nitrogen and oxygen atoms in total. The third-order valence-corrected chi connectivity index (χ3v) is 3.37. The van der Waals surface area contributed by atoms with E-state index in [9.17, 15) is 9.90 Å². The van der Waals surface area contributed by atoms with Crippen LogP contribution in [0.3, 0.4) is 0 Å². The molecule has 2 N–H and O–H groups in total. The fourth-order valence-corrected chi connectivity index (χ4v) is 2.38. The highest BCUT2D eigenvalue weighted by molar-refractivity contribution is 5.84. The quantitative estimate of drug-likeness (QED) is 0.629. The predicted molar refractivity (Wildman–Crippen MR) is 92.4 cm³/mol. The third kappa shape index (κ3) is 5.91. The molecule has 0 radical (unpaired) electrons. The molecule has 23 heavy (non-hydrogen) atoms. The molecule has 0 heterocycles. The van der Waals surface area contributed by atoms with E-state index >= 15 is 0 Å². The van der Waals surface area contributed by atoms with Crippen molar-refractivity contribution in [2.75, 3.05) is 6.54 Å². The van der Waals surface area contributed by atoms with Gasteiger partial charge in [0.15, 0.2) is 0 Å². The number of carbonyl (C=O) groups excluding carboxylic acids is 1. The van der Waals surface area contributed by atoms with E-state index in [1.54, 1.807) is 12.1 Å². The molecule has 2 aromatic carbocycles. The number of fused-ring (bicyclic) bond motifs is 1. The van der Waals surface area contributed by atoms with E-state index in [2.05, 4.69) is 11.4 Å². The van der Waals surface area contributed by atoms with Gasteiger partial charge in [0.25, 0.3) is 0 Å². The van der Waals surface area contributed by atoms with Gasteiger partial charge in [0.05, 0.1) is 0 Å². The molecule has 0 saturated heterocycles. The molecule has 0 aliphatic carbocycles. The molecule has 2 aromatic rings. The van der Waals surface area contributed by atoms with Gasteiger partial charge in [-0.1, -0.05) is 18.2 Å². The molecule has 0 fully saturated rings. The predicted octanol–water partition coefficient (Wildman–Crippen LogP) is 3.76. The van der Waals surface area contributed by atoms with Crippen molar-refractivity contribution in [1.29, 1.82) is 0 Å². The van der Waals surface area contributed by atoms with E-state index in [-0.39, 0.29) is 11.7 Å². The lowest BCUT2D eigenvalue weighted by Crippen LogP contribution is -2.24. The number of aromatic hydroxyl groups is 1. The van der Waals surface area contributed by atoms with E-state index < -0.39 is 5.60 Å². The molecule has 0 aromatic heterocycles. The fraction of sp³-hybridized carbons (Fsp3) is 0.421. The molecular weight excluding hydrogens is 290 g/mol. The molecule has 0 aliphatic rings.